The van der Waals surface area contributed by atoms with Crippen LogP contribution in [0.3, 0.4) is 0 Å². The Morgan fingerprint density at radius 3 is 2.67 bits per heavy atom. The molecule has 5 heteroatoms. The van der Waals surface area contributed by atoms with Crippen LogP contribution in [-0.2, 0) is 4.79 Å². The van der Waals surface area contributed by atoms with E-state index in [1.54, 1.807) is 0 Å². The SMILES string of the molecule is CN(C)c1ccc(C(Cl)CN2CCCC(C(=O)O)C2)cc1. The third kappa shape index (κ3) is 4.35. The van der Waals surface area contributed by atoms with Gasteiger partial charge in [0.25, 0.3) is 0 Å². The number of aliphatic carboxylic acids is 1. The van der Waals surface area contributed by atoms with Crippen LogP contribution in [0.25, 0.3) is 0 Å². The third-order valence-corrected chi connectivity index (χ3v) is 4.43. The molecule has 1 aromatic carbocycles. The van der Waals surface area contributed by atoms with Gasteiger partial charge in [-0.2, -0.15) is 0 Å². The smallest absolute Gasteiger partial charge is 0.307 e. The summed E-state index contributed by atoms with van der Waals surface area (Å²) in [7, 11) is 4.01. The van der Waals surface area contributed by atoms with E-state index in [1.165, 1.54) is 0 Å². The third-order valence-electron chi connectivity index (χ3n) is 4.04. The molecule has 1 aliphatic rings. The van der Waals surface area contributed by atoms with E-state index in [1.807, 2.05) is 26.2 Å². The number of carboxylic acids is 1. The molecule has 0 spiro atoms. The van der Waals surface area contributed by atoms with Gasteiger partial charge < -0.3 is 14.9 Å². The van der Waals surface area contributed by atoms with E-state index in [4.69, 9.17) is 16.7 Å². The fourth-order valence-electron chi connectivity index (χ4n) is 2.74. The lowest BCUT2D eigenvalue weighted by Gasteiger charge is -2.32. The van der Waals surface area contributed by atoms with Crippen molar-refractivity contribution < 1.29 is 9.90 Å². The summed E-state index contributed by atoms with van der Waals surface area (Å²) in [5.74, 6) is -0.945. The molecule has 21 heavy (non-hydrogen) atoms. The van der Waals surface area contributed by atoms with Gasteiger partial charge in [-0.15, -0.1) is 11.6 Å². The highest BCUT2D eigenvalue weighted by molar-refractivity contribution is 6.21. The highest BCUT2D eigenvalue weighted by atomic mass is 35.5. The Morgan fingerprint density at radius 1 is 1.43 bits per heavy atom. The summed E-state index contributed by atoms with van der Waals surface area (Å²) in [5, 5.41) is 9.02. The summed E-state index contributed by atoms with van der Waals surface area (Å²) in [6.07, 6.45) is 1.70. The Balaban J connectivity index is 1.94. The van der Waals surface area contributed by atoms with Gasteiger partial charge in [-0.25, -0.2) is 0 Å². The van der Waals surface area contributed by atoms with Crippen molar-refractivity contribution >= 4 is 23.3 Å². The number of likely N-dealkylation sites (tertiary alicyclic amines) is 1. The van der Waals surface area contributed by atoms with Crippen LogP contribution in [0.5, 0.6) is 0 Å². The number of carboxylic acid groups (broad SMARTS) is 1. The molecule has 1 fully saturated rings. The number of piperidine rings is 1. The largest absolute Gasteiger partial charge is 0.481 e. The molecule has 1 aliphatic heterocycles. The number of nitrogens with zero attached hydrogens (tertiary/aromatic N) is 2. The number of rotatable bonds is 5. The topological polar surface area (TPSA) is 43.8 Å². The van der Waals surface area contributed by atoms with Crippen LogP contribution in [0.15, 0.2) is 24.3 Å². The first-order valence-corrected chi connectivity index (χ1v) is 7.77. The molecular formula is C16H23ClN2O2. The summed E-state index contributed by atoms with van der Waals surface area (Å²) in [6, 6.07) is 8.21. The van der Waals surface area contributed by atoms with Crippen molar-refractivity contribution in [3.05, 3.63) is 29.8 Å². The van der Waals surface area contributed by atoms with Gasteiger partial charge in [0.15, 0.2) is 0 Å². The molecule has 0 aromatic heterocycles. The second-order valence-corrected chi connectivity index (χ2v) is 6.42. The zero-order valence-corrected chi connectivity index (χ0v) is 13.4. The lowest BCUT2D eigenvalue weighted by Crippen LogP contribution is -2.40. The van der Waals surface area contributed by atoms with Gasteiger partial charge in [0.2, 0.25) is 0 Å². The van der Waals surface area contributed by atoms with Crippen molar-refractivity contribution in [2.24, 2.45) is 5.92 Å². The van der Waals surface area contributed by atoms with E-state index in [9.17, 15) is 4.79 Å². The number of halogens is 1. The summed E-state index contributed by atoms with van der Waals surface area (Å²) in [5.41, 5.74) is 2.23. The average molecular weight is 311 g/mol. The van der Waals surface area contributed by atoms with Crippen molar-refractivity contribution in [2.45, 2.75) is 18.2 Å². The van der Waals surface area contributed by atoms with Crippen LogP contribution in [0.1, 0.15) is 23.8 Å². The van der Waals surface area contributed by atoms with Gasteiger partial charge in [0.05, 0.1) is 11.3 Å². The van der Waals surface area contributed by atoms with Gasteiger partial charge in [0.1, 0.15) is 0 Å². The summed E-state index contributed by atoms with van der Waals surface area (Å²) < 4.78 is 0. The fraction of sp³-hybridized carbons (Fsp3) is 0.562. The lowest BCUT2D eigenvalue weighted by atomic mass is 9.98. The summed E-state index contributed by atoms with van der Waals surface area (Å²) in [4.78, 5) is 15.3. The predicted octanol–water partition coefficient (Wildman–Crippen LogP) is 2.83. The second kappa shape index (κ2) is 7.14. The Bertz CT molecular complexity index is 476. The number of hydrogen-bond donors (Lipinski definition) is 1. The van der Waals surface area contributed by atoms with Gasteiger partial charge in [0, 0.05) is 32.9 Å². The highest BCUT2D eigenvalue weighted by Gasteiger charge is 2.26. The van der Waals surface area contributed by atoms with E-state index in [0.29, 0.717) is 13.1 Å². The van der Waals surface area contributed by atoms with Crippen LogP contribution < -0.4 is 4.90 Å². The average Bonchev–Trinajstić information content (AvgIpc) is 2.47. The van der Waals surface area contributed by atoms with Gasteiger partial charge in [-0.05, 0) is 37.1 Å². The number of benzene rings is 1. The molecule has 1 saturated heterocycles. The Hall–Kier alpha value is -1.26. The number of anilines is 1. The molecular weight excluding hydrogens is 288 g/mol. The maximum Gasteiger partial charge on any atom is 0.307 e. The first-order valence-electron chi connectivity index (χ1n) is 7.34. The number of hydrogen-bond acceptors (Lipinski definition) is 3. The van der Waals surface area contributed by atoms with Crippen LogP contribution in [0.4, 0.5) is 5.69 Å². The molecule has 0 amide bonds. The van der Waals surface area contributed by atoms with Gasteiger partial charge >= 0.3 is 5.97 Å². The molecule has 0 radical (unpaired) electrons. The molecule has 1 N–H and O–H groups in total. The fourth-order valence-corrected chi connectivity index (χ4v) is 3.08. The molecule has 4 nitrogen and oxygen atoms in total. The highest BCUT2D eigenvalue weighted by Crippen LogP contribution is 2.26. The molecule has 2 atom stereocenters. The van der Waals surface area contributed by atoms with Gasteiger partial charge in [-0.3, -0.25) is 4.79 Å². The van der Waals surface area contributed by atoms with Crippen LogP contribution in [0, 0.1) is 5.92 Å². The Labute approximate surface area is 131 Å². The predicted molar refractivity (Wildman–Crippen MR) is 86.2 cm³/mol. The first kappa shape index (κ1) is 16.1. The molecule has 2 unspecified atom stereocenters. The minimum absolute atomic E-state index is 0.103. The zero-order valence-electron chi connectivity index (χ0n) is 12.6. The van der Waals surface area contributed by atoms with Crippen LogP contribution in [-0.4, -0.2) is 49.7 Å². The molecule has 1 aromatic rings. The minimum Gasteiger partial charge on any atom is -0.481 e. The summed E-state index contributed by atoms with van der Waals surface area (Å²) >= 11 is 6.50. The van der Waals surface area contributed by atoms with Crippen molar-refractivity contribution in [3.63, 3.8) is 0 Å². The van der Waals surface area contributed by atoms with E-state index in [0.717, 1.165) is 30.6 Å². The second-order valence-electron chi connectivity index (χ2n) is 5.89. The zero-order chi connectivity index (χ0) is 15.4. The molecule has 0 aliphatic carbocycles. The minimum atomic E-state index is -0.693. The molecule has 116 valence electrons. The van der Waals surface area contributed by atoms with Crippen LogP contribution in [0.2, 0.25) is 0 Å². The van der Waals surface area contributed by atoms with E-state index < -0.39 is 5.97 Å². The van der Waals surface area contributed by atoms with Gasteiger partial charge in [-0.1, -0.05) is 12.1 Å². The lowest BCUT2D eigenvalue weighted by molar-refractivity contribution is -0.143. The monoisotopic (exact) mass is 310 g/mol. The first-order chi connectivity index (χ1) is 9.97. The maximum atomic E-state index is 11.1. The van der Waals surface area contributed by atoms with Crippen molar-refractivity contribution in [1.82, 2.24) is 4.90 Å². The Kier molecular flexibility index (Phi) is 5.48. The van der Waals surface area contributed by atoms with Crippen molar-refractivity contribution in [2.75, 3.05) is 38.6 Å². The number of alkyl halides is 1. The summed E-state index contributed by atoms with van der Waals surface area (Å²) in [6.45, 7) is 2.24. The number of carbonyl (C=O) groups is 1. The van der Waals surface area contributed by atoms with Crippen molar-refractivity contribution in [1.29, 1.82) is 0 Å². The van der Waals surface area contributed by atoms with Crippen LogP contribution >= 0.6 is 11.6 Å². The van der Waals surface area contributed by atoms with E-state index in [2.05, 4.69) is 21.9 Å². The molecule has 2 rings (SSSR count). The molecule has 0 bridgehead atoms. The molecule has 0 saturated carbocycles. The van der Waals surface area contributed by atoms with Crippen molar-refractivity contribution in [3.8, 4) is 0 Å². The quantitative estimate of drug-likeness (QED) is 0.849. The molecule has 1 heterocycles. The Morgan fingerprint density at radius 2 is 2.10 bits per heavy atom. The standard InChI is InChI=1S/C16H23ClN2O2/c1-18(2)14-7-5-12(6-8-14)15(17)11-19-9-3-4-13(10-19)16(20)21/h5-8,13,15H,3-4,9-11H2,1-2H3,(H,20,21). The normalized spacial score (nSPS) is 21.0. The maximum absolute atomic E-state index is 11.1. The van der Waals surface area contributed by atoms with E-state index >= 15 is 0 Å². The van der Waals surface area contributed by atoms with E-state index in [-0.39, 0.29) is 11.3 Å².